The Balaban J connectivity index is 2.43. The molecule has 0 aromatic carbocycles. The van der Waals surface area contributed by atoms with E-state index in [1.54, 1.807) is 0 Å². The van der Waals surface area contributed by atoms with Gasteiger partial charge in [-0.1, -0.05) is 0 Å². The van der Waals surface area contributed by atoms with Crippen LogP contribution < -0.4 is 5.73 Å². The Morgan fingerprint density at radius 2 is 2.38 bits per heavy atom. The second kappa shape index (κ2) is 6.86. The summed E-state index contributed by atoms with van der Waals surface area (Å²) in [5.41, 5.74) is 5.56. The number of hydrogen-bond donors (Lipinski definition) is 1. The van der Waals surface area contributed by atoms with Crippen molar-refractivity contribution in [3.63, 3.8) is 0 Å². The van der Waals surface area contributed by atoms with Gasteiger partial charge in [-0.05, 0) is 46.2 Å². The number of piperidine rings is 1. The van der Waals surface area contributed by atoms with Gasteiger partial charge in [-0.3, -0.25) is 9.69 Å². The van der Waals surface area contributed by atoms with Crippen LogP contribution in [0.2, 0.25) is 0 Å². The van der Waals surface area contributed by atoms with Crippen molar-refractivity contribution >= 4 is 5.97 Å². The van der Waals surface area contributed by atoms with E-state index in [1.165, 1.54) is 0 Å². The molecule has 2 unspecified atom stereocenters. The largest absolute Gasteiger partial charge is 0.466 e. The number of esters is 1. The fraction of sp³-hybridized carbons (Fsp3) is 0.917. The number of nitrogens with two attached hydrogens (primary N) is 1. The number of ether oxygens (including phenoxy) is 1. The van der Waals surface area contributed by atoms with Crippen LogP contribution in [-0.2, 0) is 9.53 Å². The Bertz CT molecular complexity index is 221. The predicted molar refractivity (Wildman–Crippen MR) is 64.1 cm³/mol. The molecule has 0 aromatic heterocycles. The molecule has 0 spiro atoms. The summed E-state index contributed by atoms with van der Waals surface area (Å²) in [4.78, 5) is 14.0. The molecule has 16 heavy (non-hydrogen) atoms. The molecule has 0 aliphatic carbocycles. The molecule has 1 heterocycles. The molecule has 0 saturated carbocycles. The van der Waals surface area contributed by atoms with Crippen molar-refractivity contribution in [1.29, 1.82) is 0 Å². The third kappa shape index (κ3) is 3.76. The van der Waals surface area contributed by atoms with Crippen molar-refractivity contribution in [1.82, 2.24) is 4.90 Å². The van der Waals surface area contributed by atoms with Gasteiger partial charge in [-0.15, -0.1) is 0 Å². The highest BCUT2D eigenvalue weighted by Gasteiger charge is 2.28. The van der Waals surface area contributed by atoms with E-state index in [4.69, 9.17) is 10.5 Å². The summed E-state index contributed by atoms with van der Waals surface area (Å²) in [6.45, 7) is 7.14. The maximum absolute atomic E-state index is 11.7. The van der Waals surface area contributed by atoms with Crippen molar-refractivity contribution < 1.29 is 9.53 Å². The van der Waals surface area contributed by atoms with Crippen LogP contribution in [0, 0.1) is 5.92 Å². The van der Waals surface area contributed by atoms with E-state index >= 15 is 0 Å². The fourth-order valence-electron chi connectivity index (χ4n) is 2.28. The van der Waals surface area contributed by atoms with Gasteiger partial charge in [0.2, 0.25) is 0 Å². The molecule has 1 aliphatic heterocycles. The van der Waals surface area contributed by atoms with E-state index in [-0.39, 0.29) is 11.9 Å². The number of rotatable bonds is 5. The molecule has 1 aliphatic rings. The van der Waals surface area contributed by atoms with E-state index < -0.39 is 0 Å². The maximum Gasteiger partial charge on any atom is 0.310 e. The molecule has 94 valence electrons. The van der Waals surface area contributed by atoms with Crippen LogP contribution in [0.15, 0.2) is 0 Å². The molecule has 0 bridgehead atoms. The molecule has 2 atom stereocenters. The maximum atomic E-state index is 11.7. The zero-order valence-electron chi connectivity index (χ0n) is 10.4. The summed E-state index contributed by atoms with van der Waals surface area (Å²) in [6, 6.07) is 0.474. The lowest BCUT2D eigenvalue weighted by Crippen LogP contribution is -2.44. The number of carbonyl (C=O) groups excluding carboxylic acids is 1. The number of likely N-dealkylation sites (tertiary alicyclic amines) is 1. The zero-order valence-corrected chi connectivity index (χ0v) is 10.4. The first-order valence-corrected chi connectivity index (χ1v) is 6.29. The second-order valence-corrected chi connectivity index (χ2v) is 4.51. The number of nitrogens with zero attached hydrogens (tertiary/aromatic N) is 1. The van der Waals surface area contributed by atoms with Gasteiger partial charge < -0.3 is 10.5 Å². The van der Waals surface area contributed by atoms with Gasteiger partial charge in [0, 0.05) is 12.6 Å². The third-order valence-corrected chi connectivity index (χ3v) is 3.28. The predicted octanol–water partition coefficient (Wildman–Crippen LogP) is 0.999. The lowest BCUT2D eigenvalue weighted by atomic mass is 9.96. The number of hydrogen-bond acceptors (Lipinski definition) is 4. The molecule has 1 saturated heterocycles. The minimum atomic E-state index is -0.0350. The highest BCUT2D eigenvalue weighted by Crippen LogP contribution is 2.20. The third-order valence-electron chi connectivity index (χ3n) is 3.28. The van der Waals surface area contributed by atoms with E-state index in [0.717, 1.165) is 32.4 Å². The standard InChI is InChI=1S/C12H24N2O2/c1-3-16-12(15)11-5-4-8-14(9-11)10(2)6-7-13/h10-11H,3-9,13H2,1-2H3. The monoisotopic (exact) mass is 228 g/mol. The van der Waals surface area contributed by atoms with Crippen molar-refractivity contribution in [2.24, 2.45) is 11.7 Å². The van der Waals surface area contributed by atoms with Crippen molar-refractivity contribution in [2.45, 2.75) is 39.2 Å². The molecular formula is C12H24N2O2. The Labute approximate surface area is 98.1 Å². The SMILES string of the molecule is CCOC(=O)C1CCCN(C(C)CCN)C1. The summed E-state index contributed by atoms with van der Waals surface area (Å²) in [7, 11) is 0. The fourth-order valence-corrected chi connectivity index (χ4v) is 2.28. The Kier molecular flexibility index (Phi) is 5.77. The summed E-state index contributed by atoms with van der Waals surface area (Å²) in [5, 5.41) is 0. The second-order valence-electron chi connectivity index (χ2n) is 4.51. The van der Waals surface area contributed by atoms with Crippen LogP contribution in [0.4, 0.5) is 0 Å². The van der Waals surface area contributed by atoms with Gasteiger partial charge in [0.25, 0.3) is 0 Å². The lowest BCUT2D eigenvalue weighted by Gasteiger charge is -2.35. The molecule has 0 amide bonds. The van der Waals surface area contributed by atoms with Gasteiger partial charge in [0.1, 0.15) is 0 Å². The Morgan fingerprint density at radius 1 is 1.62 bits per heavy atom. The summed E-state index contributed by atoms with van der Waals surface area (Å²) >= 11 is 0. The van der Waals surface area contributed by atoms with Crippen LogP contribution >= 0.6 is 0 Å². The Hall–Kier alpha value is -0.610. The van der Waals surface area contributed by atoms with Crippen LogP contribution in [0.5, 0.6) is 0 Å². The molecule has 0 radical (unpaired) electrons. The van der Waals surface area contributed by atoms with Gasteiger partial charge in [0.05, 0.1) is 12.5 Å². The summed E-state index contributed by atoms with van der Waals surface area (Å²) < 4.78 is 5.08. The summed E-state index contributed by atoms with van der Waals surface area (Å²) in [6.07, 6.45) is 3.04. The molecule has 4 heteroatoms. The van der Waals surface area contributed by atoms with Gasteiger partial charge >= 0.3 is 5.97 Å². The minimum absolute atomic E-state index is 0.0350. The summed E-state index contributed by atoms with van der Waals surface area (Å²) in [5.74, 6) is 0.0288. The highest BCUT2D eigenvalue weighted by atomic mass is 16.5. The van der Waals surface area contributed by atoms with Crippen LogP contribution in [0.1, 0.15) is 33.1 Å². The number of carbonyl (C=O) groups is 1. The molecule has 2 N–H and O–H groups in total. The van der Waals surface area contributed by atoms with Gasteiger partial charge in [0.15, 0.2) is 0 Å². The van der Waals surface area contributed by atoms with E-state index in [9.17, 15) is 4.79 Å². The van der Waals surface area contributed by atoms with Gasteiger partial charge in [-0.25, -0.2) is 0 Å². The van der Waals surface area contributed by atoms with Gasteiger partial charge in [-0.2, -0.15) is 0 Å². The average molecular weight is 228 g/mol. The first-order valence-electron chi connectivity index (χ1n) is 6.29. The normalized spacial score (nSPS) is 24.1. The quantitative estimate of drug-likeness (QED) is 0.713. The van der Waals surface area contributed by atoms with E-state index in [0.29, 0.717) is 19.2 Å². The zero-order chi connectivity index (χ0) is 12.0. The van der Waals surface area contributed by atoms with E-state index in [1.807, 2.05) is 6.92 Å². The Morgan fingerprint density at radius 3 is 3.00 bits per heavy atom. The average Bonchev–Trinajstić information content (AvgIpc) is 2.30. The minimum Gasteiger partial charge on any atom is -0.466 e. The molecule has 4 nitrogen and oxygen atoms in total. The van der Waals surface area contributed by atoms with Crippen molar-refractivity contribution in [3.05, 3.63) is 0 Å². The van der Waals surface area contributed by atoms with Crippen LogP contribution in [-0.4, -0.2) is 43.2 Å². The first-order chi connectivity index (χ1) is 7.69. The highest BCUT2D eigenvalue weighted by molar-refractivity contribution is 5.72. The van der Waals surface area contributed by atoms with Crippen molar-refractivity contribution in [2.75, 3.05) is 26.2 Å². The van der Waals surface area contributed by atoms with Crippen LogP contribution in [0.25, 0.3) is 0 Å². The lowest BCUT2D eigenvalue weighted by molar-refractivity contribution is -0.150. The molecule has 0 aromatic rings. The molecular weight excluding hydrogens is 204 g/mol. The first kappa shape index (κ1) is 13.5. The molecule has 1 rings (SSSR count). The molecule has 1 fully saturated rings. The van der Waals surface area contributed by atoms with E-state index in [2.05, 4.69) is 11.8 Å². The topological polar surface area (TPSA) is 55.6 Å². The van der Waals surface area contributed by atoms with Crippen molar-refractivity contribution in [3.8, 4) is 0 Å². The smallest absolute Gasteiger partial charge is 0.310 e. The van der Waals surface area contributed by atoms with Crippen LogP contribution in [0.3, 0.4) is 0 Å².